The van der Waals surface area contributed by atoms with Crippen molar-refractivity contribution in [2.24, 2.45) is 0 Å². The average Bonchev–Trinajstić information content (AvgIpc) is 2.92. The largest absolute Gasteiger partial charge is 0.399 e. The SMILES string of the molecule is CCC[NH+](CCC)CCSc1nnc2c(n1)[nH]c1ccc(N)cc12. The van der Waals surface area contributed by atoms with Gasteiger partial charge in [-0.1, -0.05) is 25.6 Å². The molecule has 0 fully saturated rings. The van der Waals surface area contributed by atoms with Crippen molar-refractivity contribution in [1.82, 2.24) is 20.2 Å². The number of fused-ring (bicyclic) bond motifs is 3. The molecule has 0 unspecified atom stereocenters. The number of rotatable bonds is 8. The molecule has 2 aromatic heterocycles. The van der Waals surface area contributed by atoms with E-state index in [0.717, 1.165) is 45.2 Å². The van der Waals surface area contributed by atoms with Crippen LogP contribution in [0.5, 0.6) is 0 Å². The average molecular weight is 345 g/mol. The molecule has 0 amide bonds. The van der Waals surface area contributed by atoms with E-state index in [-0.39, 0.29) is 0 Å². The molecule has 128 valence electrons. The molecule has 3 rings (SSSR count). The van der Waals surface area contributed by atoms with Crippen LogP contribution < -0.4 is 10.6 Å². The molecule has 0 radical (unpaired) electrons. The summed E-state index contributed by atoms with van der Waals surface area (Å²) in [6.45, 7) is 8.09. The minimum atomic E-state index is 0.721. The smallest absolute Gasteiger partial charge is 0.211 e. The van der Waals surface area contributed by atoms with Gasteiger partial charge in [0.1, 0.15) is 5.52 Å². The lowest BCUT2D eigenvalue weighted by Gasteiger charge is -2.17. The molecule has 0 bridgehead atoms. The number of aromatic nitrogens is 4. The van der Waals surface area contributed by atoms with E-state index in [2.05, 4.69) is 34.0 Å². The second kappa shape index (κ2) is 7.81. The Hall–Kier alpha value is -1.86. The van der Waals surface area contributed by atoms with Gasteiger partial charge in [0, 0.05) is 16.6 Å². The lowest BCUT2D eigenvalue weighted by atomic mass is 10.2. The molecular weight excluding hydrogens is 320 g/mol. The zero-order valence-corrected chi connectivity index (χ0v) is 15.1. The number of H-pyrrole nitrogens is 1. The Bertz CT molecular complexity index is 809. The van der Waals surface area contributed by atoms with Crippen LogP contribution in [0.1, 0.15) is 26.7 Å². The molecule has 0 atom stereocenters. The first-order valence-electron chi connectivity index (χ1n) is 8.59. The molecule has 7 heteroatoms. The standard InChI is InChI=1S/C17H24N6S/c1-3-7-23(8-4-2)9-10-24-17-20-16-15(21-22-17)13-11-12(18)5-6-14(13)19-16/h5-6,11H,3-4,7-10,18H2,1-2H3,(H,19,20,22)/p+1. The van der Waals surface area contributed by atoms with Crippen LogP contribution in [0, 0.1) is 0 Å². The van der Waals surface area contributed by atoms with E-state index in [1.54, 1.807) is 16.7 Å². The van der Waals surface area contributed by atoms with Gasteiger partial charge in [0.05, 0.1) is 25.4 Å². The molecule has 3 aromatic rings. The van der Waals surface area contributed by atoms with Gasteiger partial charge < -0.3 is 15.6 Å². The normalized spacial score (nSPS) is 11.8. The number of nitrogens with two attached hydrogens (primary N) is 1. The summed E-state index contributed by atoms with van der Waals surface area (Å²) >= 11 is 1.68. The number of nitrogens with one attached hydrogen (secondary N) is 2. The summed E-state index contributed by atoms with van der Waals surface area (Å²) in [5.41, 5.74) is 9.13. The third kappa shape index (κ3) is 3.79. The van der Waals surface area contributed by atoms with Gasteiger partial charge in [-0.05, 0) is 31.0 Å². The van der Waals surface area contributed by atoms with Crippen LogP contribution in [-0.2, 0) is 0 Å². The third-order valence-electron chi connectivity index (χ3n) is 4.11. The first-order chi connectivity index (χ1) is 11.7. The molecule has 0 aliphatic rings. The highest BCUT2D eigenvalue weighted by molar-refractivity contribution is 7.99. The summed E-state index contributed by atoms with van der Waals surface area (Å²) in [5, 5.41) is 10.3. The summed E-state index contributed by atoms with van der Waals surface area (Å²) in [6, 6.07) is 5.74. The minimum Gasteiger partial charge on any atom is -0.399 e. The van der Waals surface area contributed by atoms with E-state index >= 15 is 0 Å². The zero-order valence-electron chi connectivity index (χ0n) is 14.3. The molecule has 2 heterocycles. The topological polar surface area (TPSA) is 84.9 Å². The fourth-order valence-corrected chi connectivity index (χ4v) is 3.83. The van der Waals surface area contributed by atoms with Gasteiger partial charge in [-0.25, -0.2) is 4.98 Å². The predicted octanol–water partition coefficient (Wildman–Crippen LogP) is 1.89. The number of hydrogen-bond acceptors (Lipinski definition) is 5. The second-order valence-corrected chi connectivity index (χ2v) is 7.13. The van der Waals surface area contributed by atoms with E-state index < -0.39 is 0 Å². The molecule has 0 aliphatic carbocycles. The van der Waals surface area contributed by atoms with Crippen LogP contribution in [-0.4, -0.2) is 45.6 Å². The Kier molecular flexibility index (Phi) is 5.52. The maximum atomic E-state index is 5.86. The van der Waals surface area contributed by atoms with E-state index in [0.29, 0.717) is 0 Å². The van der Waals surface area contributed by atoms with Crippen LogP contribution in [0.4, 0.5) is 5.69 Å². The first-order valence-corrected chi connectivity index (χ1v) is 9.57. The van der Waals surface area contributed by atoms with Crippen LogP contribution in [0.3, 0.4) is 0 Å². The van der Waals surface area contributed by atoms with Crippen LogP contribution in [0.15, 0.2) is 23.4 Å². The number of aromatic amines is 1. The van der Waals surface area contributed by atoms with E-state index in [1.165, 1.54) is 25.9 Å². The number of nitrogen functional groups attached to an aromatic ring is 1. The molecule has 0 aliphatic heterocycles. The zero-order chi connectivity index (χ0) is 16.9. The van der Waals surface area contributed by atoms with Crippen molar-refractivity contribution in [2.45, 2.75) is 31.8 Å². The summed E-state index contributed by atoms with van der Waals surface area (Å²) < 4.78 is 0. The monoisotopic (exact) mass is 345 g/mol. The number of hydrogen-bond donors (Lipinski definition) is 3. The number of thioether (sulfide) groups is 1. The lowest BCUT2D eigenvalue weighted by molar-refractivity contribution is -0.897. The van der Waals surface area contributed by atoms with Crippen molar-refractivity contribution in [3.05, 3.63) is 18.2 Å². The fraction of sp³-hybridized carbons (Fsp3) is 0.471. The van der Waals surface area contributed by atoms with Gasteiger partial charge in [0.25, 0.3) is 0 Å². The van der Waals surface area contributed by atoms with E-state index in [1.807, 2.05) is 18.2 Å². The Balaban J connectivity index is 1.70. The Morgan fingerprint density at radius 3 is 2.67 bits per heavy atom. The predicted molar refractivity (Wildman–Crippen MR) is 100 cm³/mol. The highest BCUT2D eigenvalue weighted by atomic mass is 32.2. The molecule has 6 nitrogen and oxygen atoms in total. The Morgan fingerprint density at radius 2 is 1.92 bits per heavy atom. The second-order valence-electron chi connectivity index (χ2n) is 6.07. The summed E-state index contributed by atoms with van der Waals surface area (Å²) in [7, 11) is 0. The van der Waals surface area contributed by atoms with Gasteiger partial charge in [-0.15, -0.1) is 10.2 Å². The Morgan fingerprint density at radius 1 is 1.12 bits per heavy atom. The highest BCUT2D eigenvalue weighted by Crippen LogP contribution is 2.25. The van der Waals surface area contributed by atoms with Crippen LogP contribution >= 0.6 is 11.8 Å². The third-order valence-corrected chi connectivity index (χ3v) is 4.95. The summed E-state index contributed by atoms with van der Waals surface area (Å²) in [6.07, 6.45) is 2.45. The van der Waals surface area contributed by atoms with Crippen molar-refractivity contribution in [1.29, 1.82) is 0 Å². The molecule has 24 heavy (non-hydrogen) atoms. The van der Waals surface area contributed by atoms with Crippen LogP contribution in [0.25, 0.3) is 22.1 Å². The molecule has 4 N–H and O–H groups in total. The molecule has 0 spiro atoms. The minimum absolute atomic E-state index is 0.721. The van der Waals surface area contributed by atoms with Crippen molar-refractivity contribution >= 4 is 39.5 Å². The van der Waals surface area contributed by atoms with Gasteiger partial charge in [-0.3, -0.25) is 0 Å². The molecule has 0 saturated heterocycles. The van der Waals surface area contributed by atoms with Crippen molar-refractivity contribution in [3.63, 3.8) is 0 Å². The summed E-state index contributed by atoms with van der Waals surface area (Å²) in [5.74, 6) is 1.01. The van der Waals surface area contributed by atoms with Gasteiger partial charge in [0.2, 0.25) is 5.16 Å². The molecule has 1 aromatic carbocycles. The van der Waals surface area contributed by atoms with Crippen molar-refractivity contribution in [2.75, 3.05) is 31.1 Å². The van der Waals surface area contributed by atoms with Crippen LogP contribution in [0.2, 0.25) is 0 Å². The van der Waals surface area contributed by atoms with Gasteiger partial charge in [0.15, 0.2) is 5.65 Å². The van der Waals surface area contributed by atoms with Crippen molar-refractivity contribution in [3.8, 4) is 0 Å². The molecular formula is C17H25N6S+. The van der Waals surface area contributed by atoms with Gasteiger partial charge >= 0.3 is 0 Å². The number of anilines is 1. The van der Waals surface area contributed by atoms with Crippen molar-refractivity contribution < 1.29 is 4.90 Å². The maximum absolute atomic E-state index is 5.86. The summed E-state index contributed by atoms with van der Waals surface area (Å²) in [4.78, 5) is 9.57. The maximum Gasteiger partial charge on any atom is 0.211 e. The quantitative estimate of drug-likeness (QED) is 0.429. The lowest BCUT2D eigenvalue weighted by Crippen LogP contribution is -3.12. The Labute approximate surface area is 146 Å². The fourth-order valence-electron chi connectivity index (χ4n) is 3.00. The number of quaternary nitrogens is 1. The first kappa shape index (κ1) is 17.0. The van der Waals surface area contributed by atoms with E-state index in [4.69, 9.17) is 5.73 Å². The number of nitrogens with zero attached hydrogens (tertiary/aromatic N) is 3. The highest BCUT2D eigenvalue weighted by Gasteiger charge is 2.11. The van der Waals surface area contributed by atoms with E-state index in [9.17, 15) is 0 Å². The van der Waals surface area contributed by atoms with Gasteiger partial charge in [-0.2, -0.15) is 0 Å². The molecule has 0 saturated carbocycles. The number of benzene rings is 1.